The molecule has 0 N–H and O–H groups in total. The van der Waals surface area contributed by atoms with Gasteiger partial charge < -0.3 is 0 Å². The Morgan fingerprint density at radius 2 is 1.25 bits per heavy atom. The molecule has 0 aromatic heterocycles. The molecule has 2 saturated heterocycles. The predicted octanol–water partition coefficient (Wildman–Crippen LogP) is 1.79. The summed E-state index contributed by atoms with van der Waals surface area (Å²) in [6.07, 6.45) is 11.6. The molecule has 4 heteroatoms. The van der Waals surface area contributed by atoms with Gasteiger partial charge in [-0.3, -0.25) is 10.0 Å². The molecule has 84 valence electrons. The van der Waals surface area contributed by atoms with Crippen LogP contribution in [0, 0.1) is 11.8 Å². The highest BCUT2D eigenvalue weighted by atomic mass is 15.7. The molecule has 4 atom stereocenters. The minimum atomic E-state index is 0.518. The molecule has 4 aliphatic rings. The first-order valence-electron chi connectivity index (χ1n) is 6.20. The summed E-state index contributed by atoms with van der Waals surface area (Å²) >= 11 is 0. The third kappa shape index (κ3) is 1.22. The standard InChI is InChI=1S/C12H16N4/c1-3-11-5-9(1)7-15(11)13-14-16-8-10-2-4-12(16)6-10/h1-4,9-12H,5-8H2. The SMILES string of the molecule is C1=CC2CC1CN2N=NN1CC2C=CC1C2. The van der Waals surface area contributed by atoms with Crippen LogP contribution in [0.2, 0.25) is 0 Å². The van der Waals surface area contributed by atoms with Gasteiger partial charge in [-0.2, -0.15) is 0 Å². The summed E-state index contributed by atoms with van der Waals surface area (Å²) in [5, 5.41) is 13.1. The zero-order valence-corrected chi connectivity index (χ0v) is 9.24. The smallest absolute Gasteiger partial charge is 0.0675 e. The van der Waals surface area contributed by atoms with E-state index in [0.717, 1.165) is 24.9 Å². The lowest BCUT2D eigenvalue weighted by molar-refractivity contribution is 0.198. The average Bonchev–Trinajstić information content (AvgIpc) is 3.05. The van der Waals surface area contributed by atoms with Gasteiger partial charge in [0.05, 0.1) is 12.1 Å². The molecule has 2 aliphatic carbocycles. The Labute approximate surface area is 95.3 Å². The summed E-state index contributed by atoms with van der Waals surface area (Å²) in [7, 11) is 0. The lowest BCUT2D eigenvalue weighted by Gasteiger charge is -2.22. The first-order valence-corrected chi connectivity index (χ1v) is 6.20. The van der Waals surface area contributed by atoms with Crippen LogP contribution in [0.5, 0.6) is 0 Å². The molecule has 4 unspecified atom stereocenters. The van der Waals surface area contributed by atoms with E-state index in [0.29, 0.717) is 12.1 Å². The largest absolute Gasteiger partial charge is 0.270 e. The molecule has 0 aromatic rings. The molecule has 4 rings (SSSR count). The van der Waals surface area contributed by atoms with Crippen LogP contribution in [0.25, 0.3) is 0 Å². The Balaban J connectivity index is 1.44. The van der Waals surface area contributed by atoms with Gasteiger partial charge >= 0.3 is 0 Å². The van der Waals surface area contributed by atoms with Crippen molar-refractivity contribution in [2.45, 2.75) is 24.9 Å². The van der Waals surface area contributed by atoms with Crippen LogP contribution in [0.4, 0.5) is 0 Å². The van der Waals surface area contributed by atoms with Crippen molar-refractivity contribution >= 4 is 0 Å². The second-order valence-corrected chi connectivity index (χ2v) is 5.32. The van der Waals surface area contributed by atoms with Gasteiger partial charge in [0.15, 0.2) is 0 Å². The molecular weight excluding hydrogens is 200 g/mol. The van der Waals surface area contributed by atoms with Crippen molar-refractivity contribution in [3.8, 4) is 0 Å². The summed E-state index contributed by atoms with van der Waals surface area (Å²) in [6, 6.07) is 1.04. The fourth-order valence-electron chi connectivity index (χ4n) is 3.28. The van der Waals surface area contributed by atoms with E-state index < -0.39 is 0 Å². The van der Waals surface area contributed by atoms with Gasteiger partial charge in [0.25, 0.3) is 0 Å². The monoisotopic (exact) mass is 216 g/mol. The third-order valence-corrected chi connectivity index (χ3v) is 4.18. The van der Waals surface area contributed by atoms with Gasteiger partial charge in [-0.15, -0.1) is 0 Å². The van der Waals surface area contributed by atoms with Crippen LogP contribution >= 0.6 is 0 Å². The van der Waals surface area contributed by atoms with Crippen LogP contribution in [0.15, 0.2) is 34.8 Å². The Kier molecular flexibility index (Phi) is 1.70. The van der Waals surface area contributed by atoms with Crippen molar-refractivity contribution in [2.75, 3.05) is 13.1 Å². The first kappa shape index (κ1) is 8.79. The molecule has 4 nitrogen and oxygen atoms in total. The molecule has 2 fully saturated rings. The van der Waals surface area contributed by atoms with E-state index in [1.54, 1.807) is 0 Å². The van der Waals surface area contributed by atoms with Crippen LogP contribution in [0.3, 0.4) is 0 Å². The van der Waals surface area contributed by atoms with Gasteiger partial charge in [-0.05, 0) is 24.7 Å². The Morgan fingerprint density at radius 3 is 1.56 bits per heavy atom. The highest BCUT2D eigenvalue weighted by Gasteiger charge is 2.35. The minimum absolute atomic E-state index is 0.518. The molecule has 0 saturated carbocycles. The Morgan fingerprint density at radius 1 is 0.750 bits per heavy atom. The topological polar surface area (TPSA) is 31.2 Å². The van der Waals surface area contributed by atoms with Gasteiger partial charge in [0.2, 0.25) is 0 Å². The van der Waals surface area contributed by atoms with Crippen LogP contribution < -0.4 is 0 Å². The number of fused-ring (bicyclic) bond motifs is 4. The molecule has 0 radical (unpaired) electrons. The summed E-state index contributed by atoms with van der Waals surface area (Å²) in [5.74, 6) is 1.44. The molecule has 16 heavy (non-hydrogen) atoms. The lowest BCUT2D eigenvalue weighted by atomic mass is 10.2. The number of rotatable bonds is 2. The molecule has 0 amide bonds. The van der Waals surface area contributed by atoms with Crippen molar-refractivity contribution in [3.63, 3.8) is 0 Å². The highest BCUT2D eigenvalue weighted by molar-refractivity contribution is 5.13. The van der Waals surface area contributed by atoms with Gasteiger partial charge in [0.1, 0.15) is 0 Å². The second-order valence-electron chi connectivity index (χ2n) is 5.32. The normalized spacial score (nSPS) is 43.5. The quantitative estimate of drug-likeness (QED) is 0.520. The van der Waals surface area contributed by atoms with Crippen molar-refractivity contribution in [2.24, 2.45) is 22.3 Å². The molecule has 2 heterocycles. The molecule has 0 spiro atoms. The van der Waals surface area contributed by atoms with Crippen LogP contribution in [-0.2, 0) is 0 Å². The van der Waals surface area contributed by atoms with Crippen molar-refractivity contribution in [3.05, 3.63) is 24.3 Å². The minimum Gasteiger partial charge on any atom is -0.270 e. The van der Waals surface area contributed by atoms with Gasteiger partial charge in [-0.25, -0.2) is 0 Å². The van der Waals surface area contributed by atoms with Gasteiger partial charge in [0, 0.05) is 13.1 Å². The van der Waals surface area contributed by atoms with Crippen molar-refractivity contribution in [1.29, 1.82) is 0 Å². The van der Waals surface area contributed by atoms with Crippen LogP contribution in [0.1, 0.15) is 12.8 Å². The second kappa shape index (κ2) is 3.09. The number of hydrogen-bond acceptors (Lipinski definition) is 2. The van der Waals surface area contributed by atoms with Crippen LogP contribution in [-0.4, -0.2) is 35.2 Å². The highest BCUT2D eigenvalue weighted by Crippen LogP contribution is 2.34. The molecule has 2 aliphatic heterocycles. The molecular formula is C12H16N4. The van der Waals surface area contributed by atoms with Crippen molar-refractivity contribution < 1.29 is 0 Å². The molecule has 4 bridgehead atoms. The molecule has 0 aromatic carbocycles. The van der Waals surface area contributed by atoms with E-state index in [9.17, 15) is 0 Å². The van der Waals surface area contributed by atoms with E-state index in [2.05, 4.69) is 44.8 Å². The fraction of sp³-hybridized carbons (Fsp3) is 0.667. The maximum atomic E-state index is 4.41. The first-order chi connectivity index (χ1) is 7.88. The zero-order chi connectivity index (χ0) is 10.5. The maximum Gasteiger partial charge on any atom is 0.0675 e. The Hall–Kier alpha value is -1.32. The number of nitrogens with zero attached hydrogens (tertiary/aromatic N) is 4. The van der Waals surface area contributed by atoms with E-state index in [1.165, 1.54) is 12.8 Å². The fourth-order valence-corrected chi connectivity index (χ4v) is 3.28. The average molecular weight is 216 g/mol. The van der Waals surface area contributed by atoms with E-state index in [1.807, 2.05) is 0 Å². The lowest BCUT2D eigenvalue weighted by Crippen LogP contribution is -2.27. The van der Waals surface area contributed by atoms with E-state index in [4.69, 9.17) is 0 Å². The van der Waals surface area contributed by atoms with Crippen molar-refractivity contribution in [1.82, 2.24) is 10.0 Å². The Bertz CT molecular complexity index is 350. The summed E-state index contributed by atoms with van der Waals surface area (Å²) in [6.45, 7) is 2.12. The summed E-state index contributed by atoms with van der Waals surface area (Å²) in [5.41, 5.74) is 0. The van der Waals surface area contributed by atoms with E-state index >= 15 is 0 Å². The van der Waals surface area contributed by atoms with E-state index in [-0.39, 0.29) is 0 Å². The summed E-state index contributed by atoms with van der Waals surface area (Å²) in [4.78, 5) is 0. The maximum absolute atomic E-state index is 4.41. The third-order valence-electron chi connectivity index (χ3n) is 4.18. The zero-order valence-electron chi connectivity index (χ0n) is 9.24. The summed E-state index contributed by atoms with van der Waals surface area (Å²) < 4.78 is 0. The van der Waals surface area contributed by atoms with Gasteiger partial charge in [-0.1, -0.05) is 34.8 Å². The predicted molar refractivity (Wildman–Crippen MR) is 60.3 cm³/mol. The number of hydrogen-bond donors (Lipinski definition) is 0.